The van der Waals surface area contributed by atoms with Crippen molar-refractivity contribution in [3.8, 4) is 0 Å². The SMILES string of the molecule is O=C(Cn1ccc(=O)[nH]c1=O)c1ccc([N+](=O)[O-])o1. The van der Waals surface area contributed by atoms with Crippen LogP contribution in [0.1, 0.15) is 10.6 Å². The minimum Gasteiger partial charge on any atom is -0.397 e. The lowest BCUT2D eigenvalue weighted by Gasteiger charge is -2.00. The van der Waals surface area contributed by atoms with Gasteiger partial charge in [0.05, 0.1) is 12.6 Å². The van der Waals surface area contributed by atoms with Gasteiger partial charge in [0.15, 0.2) is 5.76 Å². The van der Waals surface area contributed by atoms with Crippen molar-refractivity contribution < 1.29 is 14.1 Å². The molecule has 1 N–H and O–H groups in total. The summed E-state index contributed by atoms with van der Waals surface area (Å²) in [6, 6.07) is 3.28. The van der Waals surface area contributed by atoms with E-state index < -0.39 is 27.8 Å². The molecule has 9 nitrogen and oxygen atoms in total. The average molecular weight is 265 g/mol. The highest BCUT2D eigenvalue weighted by molar-refractivity contribution is 5.93. The van der Waals surface area contributed by atoms with Gasteiger partial charge in [-0.25, -0.2) is 4.79 Å². The standard InChI is InChI=1S/C10H7N3O6/c14-6(7-1-2-9(19-7)13(17)18)5-12-4-3-8(15)11-10(12)16/h1-4H,5H2,(H,11,15,16). The van der Waals surface area contributed by atoms with Gasteiger partial charge in [0, 0.05) is 12.3 Å². The lowest BCUT2D eigenvalue weighted by molar-refractivity contribution is -0.402. The molecule has 0 aliphatic heterocycles. The van der Waals surface area contributed by atoms with Gasteiger partial charge in [0.25, 0.3) is 5.56 Å². The van der Waals surface area contributed by atoms with E-state index in [1.807, 2.05) is 4.98 Å². The number of rotatable bonds is 4. The molecule has 0 unspecified atom stereocenters. The van der Waals surface area contributed by atoms with Gasteiger partial charge < -0.3 is 4.42 Å². The molecule has 0 saturated heterocycles. The number of Topliss-reactive ketones (excluding diaryl/α,β-unsaturated/α-hetero) is 1. The molecule has 9 heteroatoms. The van der Waals surface area contributed by atoms with Gasteiger partial charge in [0.1, 0.15) is 4.92 Å². The molecule has 0 fully saturated rings. The Kier molecular flexibility index (Phi) is 3.10. The first-order valence-electron chi connectivity index (χ1n) is 5.04. The number of nitrogens with zero attached hydrogens (tertiary/aromatic N) is 2. The zero-order valence-electron chi connectivity index (χ0n) is 9.36. The van der Waals surface area contributed by atoms with E-state index >= 15 is 0 Å². The van der Waals surface area contributed by atoms with Gasteiger partial charge in [-0.05, 0) is 6.07 Å². The zero-order valence-corrected chi connectivity index (χ0v) is 9.36. The van der Waals surface area contributed by atoms with Crippen LogP contribution >= 0.6 is 0 Å². The summed E-state index contributed by atoms with van der Waals surface area (Å²) in [5.74, 6) is -1.41. The Bertz CT molecular complexity index is 753. The first-order chi connectivity index (χ1) is 8.97. The molecular formula is C10H7N3O6. The maximum atomic E-state index is 11.7. The van der Waals surface area contributed by atoms with E-state index in [4.69, 9.17) is 4.42 Å². The molecule has 0 radical (unpaired) electrons. The van der Waals surface area contributed by atoms with Gasteiger partial charge in [-0.1, -0.05) is 0 Å². The van der Waals surface area contributed by atoms with Crippen LogP contribution in [0.4, 0.5) is 5.88 Å². The number of nitro groups is 1. The number of carbonyl (C=O) groups excluding carboxylic acids is 1. The van der Waals surface area contributed by atoms with E-state index in [9.17, 15) is 24.5 Å². The molecule has 0 aliphatic rings. The van der Waals surface area contributed by atoms with Crippen LogP contribution in [0.25, 0.3) is 0 Å². The topological polar surface area (TPSA) is 128 Å². The van der Waals surface area contributed by atoms with E-state index in [0.717, 1.165) is 29.0 Å². The van der Waals surface area contributed by atoms with E-state index in [1.54, 1.807) is 0 Å². The van der Waals surface area contributed by atoms with Gasteiger partial charge in [-0.3, -0.25) is 29.3 Å². The second-order valence-corrected chi connectivity index (χ2v) is 3.56. The van der Waals surface area contributed by atoms with Crippen LogP contribution in [-0.2, 0) is 6.54 Å². The summed E-state index contributed by atoms with van der Waals surface area (Å²) in [5.41, 5.74) is -1.33. The van der Waals surface area contributed by atoms with Crippen LogP contribution in [0.5, 0.6) is 0 Å². The second kappa shape index (κ2) is 4.72. The Labute approximate surface area is 104 Å². The predicted octanol–water partition coefficient (Wildman–Crippen LogP) is -0.0793. The monoisotopic (exact) mass is 265 g/mol. The van der Waals surface area contributed by atoms with E-state index in [1.165, 1.54) is 0 Å². The quantitative estimate of drug-likeness (QED) is 0.467. The zero-order chi connectivity index (χ0) is 14.0. The van der Waals surface area contributed by atoms with E-state index in [2.05, 4.69) is 0 Å². The van der Waals surface area contributed by atoms with Crippen molar-refractivity contribution in [1.82, 2.24) is 9.55 Å². The fraction of sp³-hybridized carbons (Fsp3) is 0.100. The number of carbonyl (C=O) groups is 1. The lowest BCUT2D eigenvalue weighted by Crippen LogP contribution is -2.30. The molecule has 0 bridgehead atoms. The lowest BCUT2D eigenvalue weighted by atomic mass is 10.3. The molecule has 19 heavy (non-hydrogen) atoms. The normalized spacial score (nSPS) is 10.3. The molecule has 0 saturated carbocycles. The number of furan rings is 1. The maximum absolute atomic E-state index is 11.7. The third kappa shape index (κ3) is 2.65. The molecule has 0 spiro atoms. The van der Waals surface area contributed by atoms with E-state index in [0.29, 0.717) is 0 Å². The van der Waals surface area contributed by atoms with Crippen molar-refractivity contribution in [1.29, 1.82) is 0 Å². The summed E-state index contributed by atoms with van der Waals surface area (Å²) in [6.45, 7) is -0.389. The van der Waals surface area contributed by atoms with Crippen LogP contribution in [-0.4, -0.2) is 20.3 Å². The molecule has 0 amide bonds. The highest BCUT2D eigenvalue weighted by Gasteiger charge is 2.17. The number of hydrogen-bond acceptors (Lipinski definition) is 6. The Morgan fingerprint density at radius 1 is 1.37 bits per heavy atom. The highest BCUT2D eigenvalue weighted by atomic mass is 16.6. The Morgan fingerprint density at radius 2 is 2.11 bits per heavy atom. The summed E-state index contributed by atoms with van der Waals surface area (Å²) in [6.07, 6.45) is 1.15. The molecule has 2 heterocycles. The van der Waals surface area contributed by atoms with Crippen LogP contribution in [0.15, 0.2) is 38.4 Å². The van der Waals surface area contributed by atoms with Gasteiger partial charge in [-0.2, -0.15) is 0 Å². The first-order valence-corrected chi connectivity index (χ1v) is 5.04. The third-order valence-corrected chi connectivity index (χ3v) is 2.26. The smallest absolute Gasteiger partial charge is 0.397 e. The van der Waals surface area contributed by atoms with Gasteiger partial charge in [0.2, 0.25) is 5.78 Å². The van der Waals surface area contributed by atoms with E-state index in [-0.39, 0.29) is 12.3 Å². The number of aromatic nitrogens is 2. The van der Waals surface area contributed by atoms with Crippen LogP contribution < -0.4 is 11.2 Å². The van der Waals surface area contributed by atoms with Crippen molar-refractivity contribution >= 4 is 11.7 Å². The van der Waals surface area contributed by atoms with Gasteiger partial charge >= 0.3 is 11.6 Å². The Hall–Kier alpha value is -2.97. The predicted molar refractivity (Wildman–Crippen MR) is 61.0 cm³/mol. The molecule has 2 aromatic heterocycles. The van der Waals surface area contributed by atoms with Crippen molar-refractivity contribution in [2.75, 3.05) is 0 Å². The number of hydrogen-bond donors (Lipinski definition) is 1. The van der Waals surface area contributed by atoms with Crippen LogP contribution in [0, 0.1) is 10.1 Å². The highest BCUT2D eigenvalue weighted by Crippen LogP contribution is 2.16. The molecule has 2 rings (SSSR count). The summed E-state index contributed by atoms with van der Waals surface area (Å²) in [4.78, 5) is 45.5. The fourth-order valence-electron chi connectivity index (χ4n) is 1.38. The number of H-pyrrole nitrogens is 1. The van der Waals surface area contributed by atoms with Crippen molar-refractivity contribution in [3.63, 3.8) is 0 Å². The summed E-state index contributed by atoms with van der Waals surface area (Å²) >= 11 is 0. The number of aromatic amines is 1. The molecule has 0 aliphatic carbocycles. The molecule has 0 aromatic carbocycles. The minimum absolute atomic E-state index is 0.232. The summed E-state index contributed by atoms with van der Waals surface area (Å²) < 4.78 is 5.66. The number of ketones is 1. The van der Waals surface area contributed by atoms with Crippen molar-refractivity contribution in [2.24, 2.45) is 0 Å². The van der Waals surface area contributed by atoms with Crippen LogP contribution in [0.2, 0.25) is 0 Å². The first kappa shape index (κ1) is 12.5. The average Bonchev–Trinajstić information content (AvgIpc) is 2.82. The van der Waals surface area contributed by atoms with Gasteiger partial charge in [-0.15, -0.1) is 0 Å². The van der Waals surface area contributed by atoms with Crippen LogP contribution in [0.3, 0.4) is 0 Å². The maximum Gasteiger partial charge on any atom is 0.433 e. The Balaban J connectivity index is 2.23. The van der Waals surface area contributed by atoms with Crippen molar-refractivity contribution in [2.45, 2.75) is 6.54 Å². The third-order valence-electron chi connectivity index (χ3n) is 2.26. The minimum atomic E-state index is -0.775. The largest absolute Gasteiger partial charge is 0.433 e. The fourth-order valence-corrected chi connectivity index (χ4v) is 1.38. The molecule has 98 valence electrons. The van der Waals surface area contributed by atoms with Crippen molar-refractivity contribution in [3.05, 3.63) is 61.1 Å². The Morgan fingerprint density at radius 3 is 2.68 bits per heavy atom. The molecule has 2 aromatic rings. The molecule has 0 atom stereocenters. The second-order valence-electron chi connectivity index (χ2n) is 3.56. The summed E-state index contributed by atoms with van der Waals surface area (Å²) in [7, 11) is 0. The molecular weight excluding hydrogens is 258 g/mol. The number of nitrogens with one attached hydrogen (secondary N) is 1. The summed E-state index contributed by atoms with van der Waals surface area (Å²) in [5, 5.41) is 10.4.